The van der Waals surface area contributed by atoms with E-state index in [0.29, 0.717) is 12.6 Å². The number of hydrogen-bond donors (Lipinski definition) is 1. The van der Waals surface area contributed by atoms with Crippen LogP contribution < -0.4 is 5.32 Å². The monoisotopic (exact) mass is 253 g/mol. The van der Waals surface area contributed by atoms with Crippen LogP contribution >= 0.6 is 11.3 Å². The third-order valence-corrected chi connectivity index (χ3v) is 4.17. The van der Waals surface area contributed by atoms with Crippen molar-refractivity contribution in [2.75, 3.05) is 7.05 Å². The third-order valence-electron chi connectivity index (χ3n) is 3.26. The molecule has 1 fully saturated rings. The molecule has 17 heavy (non-hydrogen) atoms. The normalized spacial score (nSPS) is 16.1. The second kappa shape index (κ2) is 5.49. The van der Waals surface area contributed by atoms with E-state index in [9.17, 15) is 4.79 Å². The molecule has 1 aliphatic rings. The Morgan fingerprint density at radius 1 is 1.59 bits per heavy atom. The van der Waals surface area contributed by atoms with Crippen LogP contribution in [0.2, 0.25) is 0 Å². The van der Waals surface area contributed by atoms with E-state index in [1.807, 2.05) is 19.5 Å². The van der Waals surface area contributed by atoms with E-state index >= 15 is 0 Å². The van der Waals surface area contributed by atoms with Gasteiger partial charge in [0.15, 0.2) is 0 Å². The standard InChI is InChI=1S/C12H19N3OS/c1-9-11(17-8-13-9)7-15(2)12(16)14-10-5-3-4-6-10/h8,10H,3-7H2,1-2H3,(H,14,16). The number of amides is 2. The smallest absolute Gasteiger partial charge is 0.317 e. The van der Waals surface area contributed by atoms with Crippen LogP contribution in [0.15, 0.2) is 5.51 Å². The summed E-state index contributed by atoms with van der Waals surface area (Å²) in [5.41, 5.74) is 2.85. The highest BCUT2D eigenvalue weighted by Crippen LogP contribution is 2.18. The molecule has 2 rings (SSSR count). The first-order valence-electron chi connectivity index (χ1n) is 6.07. The molecule has 5 heteroatoms. The van der Waals surface area contributed by atoms with Crippen LogP contribution in [0, 0.1) is 6.92 Å². The molecule has 0 unspecified atom stereocenters. The van der Waals surface area contributed by atoms with Crippen LogP contribution in [0.4, 0.5) is 4.79 Å². The summed E-state index contributed by atoms with van der Waals surface area (Å²) in [6.07, 6.45) is 4.73. The van der Waals surface area contributed by atoms with Gasteiger partial charge in [0.05, 0.1) is 17.7 Å². The number of aryl methyl sites for hydroxylation is 1. The van der Waals surface area contributed by atoms with E-state index in [1.54, 1.807) is 16.2 Å². The van der Waals surface area contributed by atoms with E-state index in [-0.39, 0.29) is 6.03 Å². The number of carbonyl (C=O) groups excluding carboxylic acids is 1. The summed E-state index contributed by atoms with van der Waals surface area (Å²) in [7, 11) is 1.84. The minimum atomic E-state index is 0.0321. The topological polar surface area (TPSA) is 45.2 Å². The molecule has 0 aliphatic heterocycles. The molecule has 0 radical (unpaired) electrons. The summed E-state index contributed by atoms with van der Waals surface area (Å²) >= 11 is 1.61. The number of aromatic nitrogens is 1. The fraction of sp³-hybridized carbons (Fsp3) is 0.667. The Morgan fingerprint density at radius 3 is 2.88 bits per heavy atom. The van der Waals surface area contributed by atoms with Gasteiger partial charge in [-0.15, -0.1) is 11.3 Å². The third kappa shape index (κ3) is 3.19. The minimum absolute atomic E-state index is 0.0321. The first-order chi connectivity index (χ1) is 8.16. The SMILES string of the molecule is Cc1ncsc1CN(C)C(=O)NC1CCCC1. The predicted octanol–water partition coefficient (Wildman–Crippen LogP) is 2.54. The van der Waals surface area contributed by atoms with Crippen molar-refractivity contribution >= 4 is 17.4 Å². The lowest BCUT2D eigenvalue weighted by molar-refractivity contribution is 0.203. The summed E-state index contributed by atoms with van der Waals surface area (Å²) in [6, 6.07) is 0.414. The van der Waals surface area contributed by atoms with Crippen molar-refractivity contribution in [3.63, 3.8) is 0 Å². The maximum absolute atomic E-state index is 11.9. The van der Waals surface area contributed by atoms with Crippen LogP contribution in [0.5, 0.6) is 0 Å². The van der Waals surface area contributed by atoms with Gasteiger partial charge in [-0.05, 0) is 19.8 Å². The van der Waals surface area contributed by atoms with E-state index in [0.717, 1.165) is 23.4 Å². The van der Waals surface area contributed by atoms with Gasteiger partial charge in [-0.1, -0.05) is 12.8 Å². The fourth-order valence-electron chi connectivity index (χ4n) is 2.12. The molecule has 1 aromatic rings. The average Bonchev–Trinajstić information content (AvgIpc) is 2.91. The first kappa shape index (κ1) is 12.4. The number of nitrogens with zero attached hydrogens (tertiary/aromatic N) is 2. The molecule has 0 aromatic carbocycles. The molecule has 0 atom stereocenters. The lowest BCUT2D eigenvalue weighted by Crippen LogP contribution is -2.41. The molecular formula is C12H19N3OS. The quantitative estimate of drug-likeness (QED) is 0.899. The Balaban J connectivity index is 1.84. The summed E-state index contributed by atoms with van der Waals surface area (Å²) in [6.45, 7) is 2.63. The van der Waals surface area contributed by atoms with Crippen LogP contribution in [0.25, 0.3) is 0 Å². The lowest BCUT2D eigenvalue weighted by Gasteiger charge is -2.20. The molecule has 0 saturated heterocycles. The maximum Gasteiger partial charge on any atom is 0.317 e. The van der Waals surface area contributed by atoms with Crippen molar-refractivity contribution in [1.29, 1.82) is 0 Å². The van der Waals surface area contributed by atoms with Gasteiger partial charge in [0, 0.05) is 18.0 Å². The molecule has 1 aromatic heterocycles. The Hall–Kier alpha value is -1.10. The molecular weight excluding hydrogens is 234 g/mol. The van der Waals surface area contributed by atoms with Crippen molar-refractivity contribution in [2.45, 2.75) is 45.2 Å². The maximum atomic E-state index is 11.9. The van der Waals surface area contributed by atoms with E-state index < -0.39 is 0 Å². The predicted molar refractivity (Wildman–Crippen MR) is 69.1 cm³/mol. The van der Waals surface area contributed by atoms with Crippen LogP contribution in [0.1, 0.15) is 36.3 Å². The highest BCUT2D eigenvalue weighted by atomic mass is 32.1. The van der Waals surface area contributed by atoms with E-state index in [2.05, 4.69) is 10.3 Å². The molecule has 0 bridgehead atoms. The van der Waals surface area contributed by atoms with Crippen LogP contribution in [0.3, 0.4) is 0 Å². The Labute approximate surface area is 106 Å². The van der Waals surface area contributed by atoms with Gasteiger partial charge in [-0.2, -0.15) is 0 Å². The van der Waals surface area contributed by atoms with Crippen LogP contribution in [-0.4, -0.2) is 29.0 Å². The Morgan fingerprint density at radius 2 is 2.29 bits per heavy atom. The number of carbonyl (C=O) groups is 1. The second-order valence-corrected chi connectivity index (χ2v) is 5.59. The van der Waals surface area contributed by atoms with Gasteiger partial charge in [0.25, 0.3) is 0 Å². The zero-order chi connectivity index (χ0) is 12.3. The molecule has 4 nitrogen and oxygen atoms in total. The van der Waals surface area contributed by atoms with Crippen molar-refractivity contribution in [1.82, 2.24) is 15.2 Å². The molecule has 1 saturated carbocycles. The Bertz CT molecular complexity index is 385. The molecule has 1 aliphatic carbocycles. The summed E-state index contributed by atoms with van der Waals surface area (Å²) in [5, 5.41) is 3.08. The van der Waals surface area contributed by atoms with Gasteiger partial charge < -0.3 is 10.2 Å². The first-order valence-corrected chi connectivity index (χ1v) is 6.95. The molecule has 1 N–H and O–H groups in total. The average molecular weight is 253 g/mol. The summed E-state index contributed by atoms with van der Waals surface area (Å²) in [5.74, 6) is 0. The lowest BCUT2D eigenvalue weighted by atomic mass is 10.2. The van der Waals surface area contributed by atoms with Gasteiger partial charge in [-0.25, -0.2) is 9.78 Å². The minimum Gasteiger partial charge on any atom is -0.335 e. The zero-order valence-corrected chi connectivity index (χ0v) is 11.2. The van der Waals surface area contributed by atoms with Crippen LogP contribution in [-0.2, 0) is 6.54 Å². The van der Waals surface area contributed by atoms with E-state index in [1.165, 1.54) is 12.8 Å². The van der Waals surface area contributed by atoms with Gasteiger partial charge in [0.2, 0.25) is 0 Å². The molecule has 1 heterocycles. The van der Waals surface area contributed by atoms with Crippen molar-refractivity contribution in [3.8, 4) is 0 Å². The number of urea groups is 1. The molecule has 94 valence electrons. The highest BCUT2D eigenvalue weighted by Gasteiger charge is 2.19. The van der Waals surface area contributed by atoms with E-state index in [4.69, 9.17) is 0 Å². The second-order valence-electron chi connectivity index (χ2n) is 4.65. The highest BCUT2D eigenvalue weighted by molar-refractivity contribution is 7.09. The largest absolute Gasteiger partial charge is 0.335 e. The molecule has 2 amide bonds. The number of hydrogen-bond acceptors (Lipinski definition) is 3. The zero-order valence-electron chi connectivity index (χ0n) is 10.4. The summed E-state index contributed by atoms with van der Waals surface area (Å²) < 4.78 is 0. The fourth-order valence-corrected chi connectivity index (χ4v) is 2.95. The van der Waals surface area contributed by atoms with Gasteiger partial charge in [-0.3, -0.25) is 0 Å². The van der Waals surface area contributed by atoms with Crippen molar-refractivity contribution in [2.24, 2.45) is 0 Å². The van der Waals surface area contributed by atoms with Gasteiger partial charge >= 0.3 is 6.03 Å². The Kier molecular flexibility index (Phi) is 3.99. The van der Waals surface area contributed by atoms with Crippen molar-refractivity contribution < 1.29 is 4.79 Å². The summed E-state index contributed by atoms with van der Waals surface area (Å²) in [4.78, 5) is 19.0. The number of nitrogens with one attached hydrogen (secondary N) is 1. The van der Waals surface area contributed by atoms with Gasteiger partial charge in [0.1, 0.15) is 0 Å². The molecule has 0 spiro atoms. The number of rotatable bonds is 3. The number of thiazole rings is 1. The van der Waals surface area contributed by atoms with Crippen molar-refractivity contribution in [3.05, 3.63) is 16.1 Å².